The fourth-order valence-corrected chi connectivity index (χ4v) is 5.32. The lowest BCUT2D eigenvalue weighted by Crippen LogP contribution is -2.13. The average Bonchev–Trinajstić information content (AvgIpc) is 2.88. The van der Waals surface area contributed by atoms with E-state index in [4.69, 9.17) is 4.74 Å². The molecule has 0 atom stereocenters. The van der Waals surface area contributed by atoms with Crippen molar-refractivity contribution >= 4 is 0 Å². The van der Waals surface area contributed by atoms with Crippen LogP contribution in [0.3, 0.4) is 0 Å². The Labute approximate surface area is 203 Å². The summed E-state index contributed by atoms with van der Waals surface area (Å²) in [4.78, 5) is 0. The van der Waals surface area contributed by atoms with Crippen molar-refractivity contribution in [2.75, 3.05) is 6.61 Å². The van der Waals surface area contributed by atoms with Crippen LogP contribution >= 0.6 is 0 Å². The van der Waals surface area contributed by atoms with Crippen molar-refractivity contribution in [3.63, 3.8) is 0 Å². The molecule has 1 saturated carbocycles. The number of aryl methyl sites for hydroxylation is 2. The molecule has 0 N–H and O–H groups in total. The quantitative estimate of drug-likeness (QED) is 0.308. The minimum atomic E-state index is -0.896. The highest BCUT2D eigenvalue weighted by Crippen LogP contribution is 2.38. The molecule has 4 rings (SSSR count). The van der Waals surface area contributed by atoms with Crippen molar-refractivity contribution in [2.24, 2.45) is 5.92 Å². The van der Waals surface area contributed by atoms with Gasteiger partial charge >= 0.3 is 0 Å². The lowest BCUT2D eigenvalue weighted by atomic mass is 9.77. The number of halogens is 2. The van der Waals surface area contributed by atoms with Crippen LogP contribution in [0.25, 0.3) is 11.1 Å². The molecule has 3 heteroatoms. The lowest BCUT2D eigenvalue weighted by Gasteiger charge is -2.28. The molecule has 0 aromatic heterocycles. The van der Waals surface area contributed by atoms with E-state index in [0.29, 0.717) is 30.9 Å². The van der Waals surface area contributed by atoms with Crippen molar-refractivity contribution in [3.05, 3.63) is 89.0 Å². The summed E-state index contributed by atoms with van der Waals surface area (Å²) in [7, 11) is 0. The Morgan fingerprint density at radius 2 is 1.38 bits per heavy atom. The van der Waals surface area contributed by atoms with Crippen molar-refractivity contribution in [1.29, 1.82) is 0 Å². The minimum absolute atomic E-state index is 0.0247. The highest BCUT2D eigenvalue weighted by Gasteiger charge is 2.21. The smallest absolute Gasteiger partial charge is 0.200 e. The third-order valence-corrected chi connectivity index (χ3v) is 7.32. The third-order valence-electron chi connectivity index (χ3n) is 7.32. The van der Waals surface area contributed by atoms with Gasteiger partial charge in [0, 0.05) is 0 Å². The third kappa shape index (κ3) is 5.87. The summed E-state index contributed by atoms with van der Waals surface area (Å²) in [6, 6.07) is 20.6. The maximum Gasteiger partial charge on any atom is 0.200 e. The van der Waals surface area contributed by atoms with E-state index in [1.165, 1.54) is 61.3 Å². The van der Waals surface area contributed by atoms with Crippen LogP contribution < -0.4 is 4.74 Å². The van der Waals surface area contributed by atoms with Crippen molar-refractivity contribution in [3.8, 4) is 16.9 Å². The zero-order valence-electron chi connectivity index (χ0n) is 20.5. The van der Waals surface area contributed by atoms with Crippen LogP contribution in [0.5, 0.6) is 5.75 Å². The van der Waals surface area contributed by atoms with Gasteiger partial charge in [0.15, 0.2) is 11.6 Å². The van der Waals surface area contributed by atoms with E-state index in [1.54, 1.807) is 13.0 Å². The SMILES string of the molecule is CCCC1CCC(c2ccc(-c3ccc(CCc4ccc(OCC)c(F)c4F)cc3)cc2)CC1. The molecular weight excluding hydrogens is 426 g/mol. The molecule has 3 aromatic carbocycles. The van der Waals surface area contributed by atoms with Gasteiger partial charge in [-0.1, -0.05) is 74.4 Å². The average molecular weight is 463 g/mol. The summed E-state index contributed by atoms with van der Waals surface area (Å²) in [5, 5.41) is 0. The normalized spacial score (nSPS) is 18.1. The zero-order chi connectivity index (χ0) is 23.9. The van der Waals surface area contributed by atoms with Gasteiger partial charge in [0.2, 0.25) is 5.82 Å². The first-order valence-electron chi connectivity index (χ1n) is 12.9. The Bertz CT molecular complexity index is 1050. The van der Waals surface area contributed by atoms with E-state index in [0.717, 1.165) is 11.5 Å². The molecule has 1 aliphatic carbocycles. The van der Waals surface area contributed by atoms with Gasteiger partial charge in [-0.15, -0.1) is 0 Å². The molecular formula is C31H36F2O. The fraction of sp³-hybridized carbons (Fsp3) is 0.419. The standard InChI is InChI=1S/C31H36F2O/c1-3-5-22-6-11-24(12-7-22)26-16-18-27(19-17-26)25-13-8-23(9-14-25)10-15-28-20-21-29(34-4-2)31(33)30(28)32/h8-9,13-14,16-22,24H,3-7,10-12,15H2,1-2H3. The zero-order valence-corrected chi connectivity index (χ0v) is 20.5. The van der Waals surface area contributed by atoms with Gasteiger partial charge in [-0.25, -0.2) is 4.39 Å². The van der Waals surface area contributed by atoms with Gasteiger partial charge in [0.05, 0.1) is 6.61 Å². The summed E-state index contributed by atoms with van der Waals surface area (Å²) in [5.41, 5.74) is 5.36. The van der Waals surface area contributed by atoms with Crippen molar-refractivity contribution in [1.82, 2.24) is 0 Å². The van der Waals surface area contributed by atoms with E-state index >= 15 is 0 Å². The Kier molecular flexibility index (Phi) is 8.37. The maximum atomic E-state index is 14.3. The van der Waals surface area contributed by atoms with Gasteiger partial charge in [-0.05, 0) is 91.2 Å². The van der Waals surface area contributed by atoms with Gasteiger partial charge < -0.3 is 4.74 Å². The molecule has 0 amide bonds. The molecule has 0 unspecified atom stereocenters. The number of hydrogen-bond acceptors (Lipinski definition) is 1. The van der Waals surface area contributed by atoms with Crippen LogP contribution in [-0.2, 0) is 12.8 Å². The molecule has 3 aromatic rings. The predicted octanol–water partition coefficient (Wildman–Crippen LogP) is 8.89. The first-order valence-corrected chi connectivity index (χ1v) is 12.9. The number of rotatable bonds is 9. The molecule has 0 saturated heterocycles. The fourth-order valence-electron chi connectivity index (χ4n) is 5.32. The van der Waals surface area contributed by atoms with Crippen molar-refractivity contribution < 1.29 is 13.5 Å². The first-order chi connectivity index (χ1) is 16.6. The highest BCUT2D eigenvalue weighted by molar-refractivity contribution is 5.64. The van der Waals surface area contributed by atoms with Crippen LogP contribution in [-0.4, -0.2) is 6.61 Å². The van der Waals surface area contributed by atoms with Crippen LogP contribution in [0.2, 0.25) is 0 Å². The van der Waals surface area contributed by atoms with Crippen molar-refractivity contribution in [2.45, 2.75) is 71.1 Å². The van der Waals surface area contributed by atoms with E-state index in [2.05, 4.69) is 55.5 Å². The minimum Gasteiger partial charge on any atom is -0.491 e. The molecule has 1 aliphatic rings. The van der Waals surface area contributed by atoms with E-state index in [9.17, 15) is 8.78 Å². The van der Waals surface area contributed by atoms with Crippen LogP contribution in [0.1, 0.15) is 75.0 Å². The molecule has 0 bridgehead atoms. The Morgan fingerprint density at radius 1 is 0.735 bits per heavy atom. The molecule has 0 aliphatic heterocycles. The molecule has 1 nitrogen and oxygen atoms in total. The molecule has 0 spiro atoms. The summed E-state index contributed by atoms with van der Waals surface area (Å²) >= 11 is 0. The summed E-state index contributed by atoms with van der Waals surface area (Å²) in [6.45, 7) is 4.35. The first kappa shape index (κ1) is 24.4. The monoisotopic (exact) mass is 462 g/mol. The van der Waals surface area contributed by atoms with Gasteiger partial charge in [0.1, 0.15) is 0 Å². The largest absolute Gasteiger partial charge is 0.491 e. The summed E-state index contributed by atoms with van der Waals surface area (Å²) in [5.74, 6) is -0.0849. The molecule has 34 heavy (non-hydrogen) atoms. The number of ether oxygens (including phenoxy) is 1. The van der Waals surface area contributed by atoms with Gasteiger partial charge in [-0.3, -0.25) is 0 Å². The second kappa shape index (κ2) is 11.6. The molecule has 0 heterocycles. The Hall–Kier alpha value is -2.68. The second-order valence-corrected chi connectivity index (χ2v) is 9.61. The van der Waals surface area contributed by atoms with E-state index < -0.39 is 11.6 Å². The lowest BCUT2D eigenvalue weighted by molar-refractivity contribution is 0.308. The highest BCUT2D eigenvalue weighted by atomic mass is 19.2. The Morgan fingerprint density at radius 3 is 2.00 bits per heavy atom. The molecule has 1 fully saturated rings. The summed E-state index contributed by atoms with van der Waals surface area (Å²) in [6.07, 6.45) is 9.17. The van der Waals surface area contributed by atoms with E-state index in [1.807, 2.05) is 0 Å². The summed E-state index contributed by atoms with van der Waals surface area (Å²) < 4.78 is 33.6. The number of hydrogen-bond donors (Lipinski definition) is 0. The topological polar surface area (TPSA) is 9.23 Å². The van der Waals surface area contributed by atoms with Crippen LogP contribution in [0, 0.1) is 17.6 Å². The van der Waals surface area contributed by atoms with Gasteiger partial charge in [0.25, 0.3) is 0 Å². The number of benzene rings is 3. The van der Waals surface area contributed by atoms with Crippen LogP contribution in [0.15, 0.2) is 60.7 Å². The van der Waals surface area contributed by atoms with Gasteiger partial charge in [-0.2, -0.15) is 4.39 Å². The molecule has 180 valence electrons. The Balaban J connectivity index is 1.34. The predicted molar refractivity (Wildman–Crippen MR) is 136 cm³/mol. The van der Waals surface area contributed by atoms with Crippen LogP contribution in [0.4, 0.5) is 8.78 Å². The molecule has 0 radical (unpaired) electrons. The second-order valence-electron chi connectivity index (χ2n) is 9.61. The van der Waals surface area contributed by atoms with E-state index in [-0.39, 0.29) is 5.75 Å². The maximum absolute atomic E-state index is 14.3.